The second-order valence-electron chi connectivity index (χ2n) is 5.06. The Hall–Kier alpha value is -2.26. The third-order valence-electron chi connectivity index (χ3n) is 3.75. The Morgan fingerprint density at radius 2 is 1.52 bits per heavy atom. The third kappa shape index (κ3) is 2.30. The molecule has 3 aromatic carbocycles. The van der Waals surface area contributed by atoms with Crippen LogP contribution in [0.15, 0.2) is 54.6 Å². The smallest absolute Gasteiger partial charge is 0.164 e. The molecule has 0 aliphatic heterocycles. The van der Waals surface area contributed by atoms with Gasteiger partial charge in [0.25, 0.3) is 0 Å². The van der Waals surface area contributed by atoms with Gasteiger partial charge in [-0.15, -0.1) is 0 Å². The molecule has 0 saturated carbocycles. The highest BCUT2D eigenvalue weighted by Crippen LogP contribution is 2.32. The maximum absolute atomic E-state index is 13.9. The summed E-state index contributed by atoms with van der Waals surface area (Å²) in [5.74, 6) is -1.96. The fraction of sp³-hybridized carbons (Fsp3) is 0.111. The lowest BCUT2D eigenvalue weighted by Crippen LogP contribution is -2.05. The number of aliphatic hydroxyl groups is 1. The number of fused-ring (bicyclic) bond motifs is 1. The van der Waals surface area contributed by atoms with E-state index in [4.69, 9.17) is 0 Å². The highest BCUT2D eigenvalue weighted by atomic mass is 19.2. The summed E-state index contributed by atoms with van der Waals surface area (Å²) in [6, 6.07) is 15.1. The summed E-state index contributed by atoms with van der Waals surface area (Å²) in [7, 11) is 0. The van der Waals surface area contributed by atoms with Crippen molar-refractivity contribution < 1.29 is 13.9 Å². The van der Waals surface area contributed by atoms with Crippen LogP contribution in [0, 0.1) is 18.6 Å². The molecule has 0 spiro atoms. The van der Waals surface area contributed by atoms with Gasteiger partial charge in [-0.05, 0) is 34.9 Å². The summed E-state index contributed by atoms with van der Waals surface area (Å²) in [6.45, 7) is 1.97. The van der Waals surface area contributed by atoms with Crippen molar-refractivity contribution in [3.63, 3.8) is 0 Å². The molecule has 1 unspecified atom stereocenters. The fourth-order valence-corrected chi connectivity index (χ4v) is 2.61. The van der Waals surface area contributed by atoms with Crippen LogP contribution < -0.4 is 0 Å². The van der Waals surface area contributed by atoms with Crippen LogP contribution in [-0.4, -0.2) is 5.11 Å². The summed E-state index contributed by atoms with van der Waals surface area (Å²) >= 11 is 0. The molecular weight excluding hydrogens is 270 g/mol. The van der Waals surface area contributed by atoms with Crippen LogP contribution in [0.2, 0.25) is 0 Å². The van der Waals surface area contributed by atoms with Crippen molar-refractivity contribution in [1.29, 1.82) is 0 Å². The molecule has 0 saturated heterocycles. The minimum atomic E-state index is -1.20. The molecule has 0 amide bonds. The first-order chi connectivity index (χ1) is 10.1. The Balaban J connectivity index is 2.21. The zero-order valence-corrected chi connectivity index (χ0v) is 11.5. The lowest BCUT2D eigenvalue weighted by atomic mass is 9.93. The van der Waals surface area contributed by atoms with Crippen LogP contribution in [0.25, 0.3) is 10.8 Å². The number of hydrogen-bond acceptors (Lipinski definition) is 1. The molecule has 0 aliphatic rings. The average molecular weight is 284 g/mol. The molecule has 0 aromatic heterocycles. The molecule has 106 valence electrons. The van der Waals surface area contributed by atoms with Gasteiger partial charge in [-0.2, -0.15) is 0 Å². The Kier molecular flexibility index (Phi) is 3.43. The van der Waals surface area contributed by atoms with Gasteiger partial charge in [0.15, 0.2) is 11.6 Å². The van der Waals surface area contributed by atoms with E-state index in [9.17, 15) is 13.9 Å². The third-order valence-corrected chi connectivity index (χ3v) is 3.75. The van der Waals surface area contributed by atoms with E-state index in [-0.39, 0.29) is 5.56 Å². The second-order valence-corrected chi connectivity index (χ2v) is 5.06. The number of rotatable bonds is 2. The molecule has 0 heterocycles. The molecule has 1 N–H and O–H groups in total. The lowest BCUT2D eigenvalue weighted by molar-refractivity contribution is 0.215. The molecule has 0 aliphatic carbocycles. The molecule has 0 fully saturated rings. The van der Waals surface area contributed by atoms with E-state index in [1.165, 1.54) is 12.1 Å². The van der Waals surface area contributed by atoms with Crippen molar-refractivity contribution in [2.75, 3.05) is 0 Å². The number of hydrogen-bond donors (Lipinski definition) is 1. The van der Waals surface area contributed by atoms with Gasteiger partial charge in [-0.3, -0.25) is 0 Å². The van der Waals surface area contributed by atoms with E-state index in [1.807, 2.05) is 37.3 Å². The second kappa shape index (κ2) is 5.26. The first-order valence-corrected chi connectivity index (χ1v) is 6.70. The highest BCUT2D eigenvalue weighted by molar-refractivity contribution is 5.89. The maximum Gasteiger partial charge on any atom is 0.164 e. The van der Waals surface area contributed by atoms with Crippen molar-refractivity contribution in [3.05, 3.63) is 82.9 Å². The minimum Gasteiger partial charge on any atom is -0.384 e. The summed E-state index contributed by atoms with van der Waals surface area (Å²) < 4.78 is 27.2. The van der Waals surface area contributed by atoms with Crippen LogP contribution in [0.1, 0.15) is 22.8 Å². The first kappa shape index (κ1) is 13.7. The van der Waals surface area contributed by atoms with Crippen LogP contribution >= 0.6 is 0 Å². The quantitative estimate of drug-likeness (QED) is 0.734. The average Bonchev–Trinajstić information content (AvgIpc) is 2.50. The van der Waals surface area contributed by atoms with Gasteiger partial charge >= 0.3 is 0 Å². The topological polar surface area (TPSA) is 20.2 Å². The number of halogens is 2. The first-order valence-electron chi connectivity index (χ1n) is 6.70. The van der Waals surface area contributed by atoms with Crippen molar-refractivity contribution in [1.82, 2.24) is 0 Å². The van der Waals surface area contributed by atoms with Gasteiger partial charge in [0, 0.05) is 5.56 Å². The Morgan fingerprint density at radius 3 is 2.29 bits per heavy atom. The molecule has 0 bridgehead atoms. The van der Waals surface area contributed by atoms with Crippen LogP contribution in [0.5, 0.6) is 0 Å². The van der Waals surface area contributed by atoms with Gasteiger partial charge < -0.3 is 5.11 Å². The van der Waals surface area contributed by atoms with Crippen molar-refractivity contribution in [2.45, 2.75) is 13.0 Å². The van der Waals surface area contributed by atoms with Gasteiger partial charge in [0.05, 0.1) is 0 Å². The monoisotopic (exact) mass is 284 g/mol. The van der Waals surface area contributed by atoms with Crippen LogP contribution in [0.3, 0.4) is 0 Å². The summed E-state index contributed by atoms with van der Waals surface area (Å²) in [5, 5.41) is 12.3. The largest absolute Gasteiger partial charge is 0.384 e. The molecule has 3 heteroatoms. The van der Waals surface area contributed by atoms with Crippen molar-refractivity contribution in [2.24, 2.45) is 0 Å². The van der Waals surface area contributed by atoms with E-state index in [0.717, 1.165) is 22.4 Å². The van der Waals surface area contributed by atoms with Gasteiger partial charge in [0.1, 0.15) is 6.10 Å². The SMILES string of the molecule is Cc1ccc(C(O)c2cccc(F)c2F)c2ccccc12. The maximum atomic E-state index is 13.9. The van der Waals surface area contributed by atoms with Gasteiger partial charge in [-0.1, -0.05) is 48.5 Å². The lowest BCUT2D eigenvalue weighted by Gasteiger charge is -2.16. The van der Waals surface area contributed by atoms with E-state index in [1.54, 1.807) is 6.07 Å². The number of aryl methyl sites for hydroxylation is 1. The highest BCUT2D eigenvalue weighted by Gasteiger charge is 2.19. The predicted octanol–water partition coefficient (Wildman–Crippen LogP) is 4.51. The molecular formula is C18H14F2O. The molecule has 1 nitrogen and oxygen atoms in total. The van der Waals surface area contributed by atoms with E-state index >= 15 is 0 Å². The zero-order valence-electron chi connectivity index (χ0n) is 11.5. The Bertz CT molecular complexity index is 811. The van der Waals surface area contributed by atoms with E-state index < -0.39 is 17.7 Å². The summed E-state index contributed by atoms with van der Waals surface area (Å²) in [5.41, 5.74) is 1.59. The van der Waals surface area contributed by atoms with Crippen LogP contribution in [0.4, 0.5) is 8.78 Å². The predicted molar refractivity (Wildman–Crippen MR) is 79.1 cm³/mol. The number of benzene rings is 3. The normalized spacial score (nSPS) is 12.6. The minimum absolute atomic E-state index is 0.0518. The molecule has 0 radical (unpaired) electrons. The van der Waals surface area contributed by atoms with Crippen LogP contribution in [-0.2, 0) is 0 Å². The Morgan fingerprint density at radius 1 is 0.810 bits per heavy atom. The van der Waals surface area contributed by atoms with E-state index in [0.29, 0.717) is 5.56 Å². The molecule has 3 aromatic rings. The fourth-order valence-electron chi connectivity index (χ4n) is 2.61. The summed E-state index contributed by atoms with van der Waals surface area (Å²) in [6.07, 6.45) is -1.20. The molecule has 1 atom stereocenters. The zero-order chi connectivity index (χ0) is 15.0. The molecule has 3 rings (SSSR count). The number of aliphatic hydroxyl groups excluding tert-OH is 1. The molecule has 21 heavy (non-hydrogen) atoms. The van der Waals surface area contributed by atoms with Gasteiger partial charge in [-0.25, -0.2) is 8.78 Å². The summed E-state index contributed by atoms with van der Waals surface area (Å²) in [4.78, 5) is 0. The van der Waals surface area contributed by atoms with Crippen molar-refractivity contribution >= 4 is 10.8 Å². The standard InChI is InChI=1S/C18H14F2O/c1-11-9-10-14(13-6-3-2-5-12(11)13)18(21)15-7-4-8-16(19)17(15)20/h2-10,18,21H,1H3. The van der Waals surface area contributed by atoms with E-state index in [2.05, 4.69) is 0 Å². The Labute approximate surface area is 121 Å². The van der Waals surface area contributed by atoms with Crippen molar-refractivity contribution in [3.8, 4) is 0 Å². The van der Waals surface area contributed by atoms with Gasteiger partial charge in [0.2, 0.25) is 0 Å².